The van der Waals surface area contributed by atoms with Crippen LogP contribution >= 0.6 is 15.9 Å². The molecule has 0 aliphatic carbocycles. The Bertz CT molecular complexity index is 993. The van der Waals surface area contributed by atoms with Gasteiger partial charge in [-0.25, -0.2) is 9.78 Å². The van der Waals surface area contributed by atoms with Crippen molar-refractivity contribution in [3.05, 3.63) is 61.6 Å². The number of rotatable bonds is 4. The van der Waals surface area contributed by atoms with E-state index < -0.39 is 0 Å². The number of tetrazole rings is 1. The first-order chi connectivity index (χ1) is 11.9. The van der Waals surface area contributed by atoms with Crippen LogP contribution in [-0.4, -0.2) is 24.8 Å². The summed E-state index contributed by atoms with van der Waals surface area (Å²) in [5.41, 5.74) is 4.01. The predicted molar refractivity (Wildman–Crippen MR) is 97.1 cm³/mol. The van der Waals surface area contributed by atoms with Crippen LogP contribution in [-0.2, 0) is 13.7 Å². The molecular weight excluding hydrogens is 386 g/mol. The van der Waals surface area contributed by atoms with E-state index >= 15 is 0 Å². The highest BCUT2D eigenvalue weighted by Crippen LogP contribution is 2.25. The molecule has 2 aromatic heterocycles. The fraction of sp³-hybridized carbons (Fsp3) is 0.294. The van der Waals surface area contributed by atoms with Crippen molar-refractivity contribution in [1.82, 2.24) is 24.8 Å². The molecule has 1 aromatic carbocycles. The van der Waals surface area contributed by atoms with Crippen molar-refractivity contribution < 1.29 is 4.74 Å². The Morgan fingerprint density at radius 1 is 1.16 bits per heavy atom. The second kappa shape index (κ2) is 6.79. The molecule has 0 spiro atoms. The molecule has 0 aliphatic heterocycles. The van der Waals surface area contributed by atoms with Crippen LogP contribution in [0.1, 0.15) is 22.4 Å². The Kier molecular flexibility index (Phi) is 4.71. The summed E-state index contributed by atoms with van der Waals surface area (Å²) in [6.45, 7) is 6.10. The van der Waals surface area contributed by atoms with E-state index in [1.54, 1.807) is 7.05 Å². The number of hydrogen-bond acceptors (Lipinski definition) is 5. The lowest BCUT2D eigenvalue weighted by atomic mass is 10.1. The predicted octanol–water partition coefficient (Wildman–Crippen LogP) is 2.63. The van der Waals surface area contributed by atoms with E-state index in [9.17, 15) is 4.79 Å². The third kappa shape index (κ3) is 3.34. The number of pyridine rings is 1. The third-order valence-corrected chi connectivity index (χ3v) is 4.79. The molecule has 0 amide bonds. The van der Waals surface area contributed by atoms with Gasteiger partial charge in [-0.1, -0.05) is 12.1 Å². The van der Waals surface area contributed by atoms with Crippen LogP contribution in [0.2, 0.25) is 0 Å². The summed E-state index contributed by atoms with van der Waals surface area (Å²) in [6, 6.07) is 7.65. The Morgan fingerprint density at radius 3 is 2.60 bits per heavy atom. The summed E-state index contributed by atoms with van der Waals surface area (Å²) in [7, 11) is 1.57. The molecule has 0 unspecified atom stereocenters. The normalized spacial score (nSPS) is 10.9. The third-order valence-electron chi connectivity index (χ3n) is 3.98. The number of hydrogen-bond donors (Lipinski definition) is 0. The molecule has 0 radical (unpaired) electrons. The number of aryl methyl sites for hydroxylation is 4. The maximum Gasteiger partial charge on any atom is 0.368 e. The fourth-order valence-electron chi connectivity index (χ4n) is 2.47. The van der Waals surface area contributed by atoms with Crippen LogP contribution in [0.5, 0.6) is 5.88 Å². The number of benzene rings is 1. The zero-order chi connectivity index (χ0) is 18.1. The summed E-state index contributed by atoms with van der Waals surface area (Å²) in [6.07, 6.45) is 0. The SMILES string of the molecule is Cc1cc(Br)c(C)nc1OCc1c(C)cccc1-n1nnn(C)c1=O. The van der Waals surface area contributed by atoms with Crippen molar-refractivity contribution >= 4 is 15.9 Å². The Labute approximate surface area is 153 Å². The highest BCUT2D eigenvalue weighted by atomic mass is 79.9. The first-order valence-corrected chi connectivity index (χ1v) is 8.52. The van der Waals surface area contributed by atoms with Gasteiger partial charge in [0, 0.05) is 22.6 Å². The molecule has 0 aliphatic rings. The van der Waals surface area contributed by atoms with Crippen LogP contribution in [0.4, 0.5) is 0 Å². The molecule has 0 saturated carbocycles. The van der Waals surface area contributed by atoms with Crippen molar-refractivity contribution in [2.45, 2.75) is 27.4 Å². The van der Waals surface area contributed by atoms with Gasteiger partial charge in [0.1, 0.15) is 6.61 Å². The number of halogens is 1. The molecule has 0 bridgehead atoms. The second-order valence-electron chi connectivity index (χ2n) is 5.84. The van der Waals surface area contributed by atoms with Crippen molar-refractivity contribution in [2.75, 3.05) is 0 Å². The summed E-state index contributed by atoms with van der Waals surface area (Å²) in [5.74, 6) is 0.571. The van der Waals surface area contributed by atoms with Gasteiger partial charge < -0.3 is 4.74 Å². The van der Waals surface area contributed by atoms with Gasteiger partial charge in [-0.2, -0.15) is 9.36 Å². The van der Waals surface area contributed by atoms with Crippen molar-refractivity contribution in [1.29, 1.82) is 0 Å². The largest absolute Gasteiger partial charge is 0.472 e. The van der Waals surface area contributed by atoms with Crippen molar-refractivity contribution in [3.8, 4) is 11.6 Å². The topological polar surface area (TPSA) is 74.8 Å². The molecule has 2 heterocycles. The van der Waals surface area contributed by atoms with E-state index in [1.807, 2.05) is 45.0 Å². The molecular formula is C17H18BrN5O2. The first kappa shape index (κ1) is 17.3. The van der Waals surface area contributed by atoms with Gasteiger partial charge >= 0.3 is 5.69 Å². The lowest BCUT2D eigenvalue weighted by molar-refractivity contribution is 0.289. The molecule has 3 aromatic rings. The minimum atomic E-state index is -0.305. The Balaban J connectivity index is 1.97. The lowest BCUT2D eigenvalue weighted by Gasteiger charge is -2.14. The fourth-order valence-corrected chi connectivity index (χ4v) is 2.91. The minimum absolute atomic E-state index is 0.278. The van der Waals surface area contributed by atoms with Crippen molar-refractivity contribution in [2.24, 2.45) is 7.05 Å². The summed E-state index contributed by atoms with van der Waals surface area (Å²) in [5, 5.41) is 7.70. The maximum atomic E-state index is 12.2. The van der Waals surface area contributed by atoms with Crippen molar-refractivity contribution in [3.63, 3.8) is 0 Å². The van der Waals surface area contributed by atoms with Gasteiger partial charge in [0.15, 0.2) is 0 Å². The zero-order valence-corrected chi connectivity index (χ0v) is 16.0. The maximum absolute atomic E-state index is 12.2. The highest BCUT2D eigenvalue weighted by molar-refractivity contribution is 9.10. The number of ether oxygens (including phenoxy) is 1. The monoisotopic (exact) mass is 403 g/mol. The quantitative estimate of drug-likeness (QED) is 0.669. The molecule has 0 atom stereocenters. The average Bonchev–Trinajstić information content (AvgIpc) is 2.90. The van der Waals surface area contributed by atoms with Gasteiger partial charge in [-0.05, 0) is 64.8 Å². The van der Waals surface area contributed by atoms with E-state index in [2.05, 4.69) is 31.3 Å². The summed E-state index contributed by atoms with van der Waals surface area (Å²) >= 11 is 3.47. The lowest BCUT2D eigenvalue weighted by Crippen LogP contribution is -2.23. The van der Waals surface area contributed by atoms with Crippen LogP contribution in [0.15, 0.2) is 33.5 Å². The van der Waals surface area contributed by atoms with Gasteiger partial charge in [-0.15, -0.1) is 0 Å². The average molecular weight is 404 g/mol. The molecule has 0 saturated heterocycles. The Morgan fingerprint density at radius 2 is 1.92 bits per heavy atom. The van der Waals surface area contributed by atoms with Crippen LogP contribution in [0, 0.1) is 20.8 Å². The molecule has 8 heteroatoms. The van der Waals surface area contributed by atoms with E-state index in [4.69, 9.17) is 4.74 Å². The zero-order valence-electron chi connectivity index (χ0n) is 14.4. The van der Waals surface area contributed by atoms with Gasteiger partial charge in [0.2, 0.25) is 5.88 Å². The number of aromatic nitrogens is 5. The molecule has 25 heavy (non-hydrogen) atoms. The van der Waals surface area contributed by atoms with E-state index in [0.717, 1.165) is 26.9 Å². The standard InChI is InChI=1S/C17H18BrN5O2/c1-10-6-5-7-15(23-17(24)22(4)20-21-23)13(10)9-25-16-11(2)8-14(18)12(3)19-16/h5-8H,9H2,1-4H3. The van der Waals surface area contributed by atoms with Gasteiger partial charge in [0.05, 0.1) is 11.4 Å². The first-order valence-electron chi connectivity index (χ1n) is 7.73. The number of nitrogens with zero attached hydrogens (tertiary/aromatic N) is 5. The van der Waals surface area contributed by atoms with Gasteiger partial charge in [0.25, 0.3) is 0 Å². The molecule has 130 valence electrons. The smallest absolute Gasteiger partial charge is 0.368 e. The molecule has 0 fully saturated rings. The van der Waals surface area contributed by atoms with Crippen LogP contribution < -0.4 is 10.4 Å². The molecule has 7 nitrogen and oxygen atoms in total. The van der Waals surface area contributed by atoms with E-state index in [0.29, 0.717) is 11.6 Å². The Hall–Kier alpha value is -2.48. The molecule has 3 rings (SSSR count). The van der Waals surface area contributed by atoms with Crippen LogP contribution in [0.25, 0.3) is 5.69 Å². The van der Waals surface area contributed by atoms with E-state index in [1.165, 1.54) is 9.36 Å². The minimum Gasteiger partial charge on any atom is -0.472 e. The highest BCUT2D eigenvalue weighted by Gasteiger charge is 2.14. The van der Waals surface area contributed by atoms with E-state index in [-0.39, 0.29) is 12.3 Å². The second-order valence-corrected chi connectivity index (χ2v) is 6.69. The molecule has 0 N–H and O–H groups in total. The van der Waals surface area contributed by atoms with Crippen LogP contribution in [0.3, 0.4) is 0 Å². The summed E-state index contributed by atoms with van der Waals surface area (Å²) in [4.78, 5) is 16.7. The van der Waals surface area contributed by atoms with Gasteiger partial charge in [-0.3, -0.25) is 0 Å². The summed E-state index contributed by atoms with van der Waals surface area (Å²) < 4.78 is 9.36.